The zero-order valence-corrected chi connectivity index (χ0v) is 8.22. The van der Waals surface area contributed by atoms with Crippen LogP contribution in [0.4, 0.5) is 0 Å². The van der Waals surface area contributed by atoms with Crippen molar-refractivity contribution in [2.75, 3.05) is 6.61 Å². The van der Waals surface area contributed by atoms with Crippen LogP contribution >= 0.6 is 0 Å². The fourth-order valence-corrected chi connectivity index (χ4v) is 2.29. The largest absolute Gasteiger partial charge is 0.287 e. The zero-order valence-electron chi connectivity index (χ0n) is 6.59. The third kappa shape index (κ3) is 3.05. The summed E-state index contributed by atoms with van der Waals surface area (Å²) in [5.74, 6) is 0. The maximum atomic E-state index is 10.8. The summed E-state index contributed by atoms with van der Waals surface area (Å²) in [4.78, 5) is 0. The Labute approximate surface area is 71.4 Å². The lowest BCUT2D eigenvalue weighted by Gasteiger charge is -2.07. The Hall–Kier alpha value is -0.180. The second kappa shape index (κ2) is 3.69. The van der Waals surface area contributed by atoms with Crippen LogP contribution < -0.4 is 0 Å². The van der Waals surface area contributed by atoms with Crippen molar-refractivity contribution in [2.45, 2.75) is 18.4 Å². The van der Waals surface area contributed by atoms with Crippen molar-refractivity contribution >= 4 is 20.2 Å². The molecule has 0 aliphatic rings. The summed E-state index contributed by atoms with van der Waals surface area (Å²) in [6, 6.07) is 0. The van der Waals surface area contributed by atoms with Crippen molar-refractivity contribution in [3.8, 4) is 0 Å². The molecule has 0 radical (unpaired) electrons. The van der Waals surface area contributed by atoms with Gasteiger partial charge in [0.25, 0.3) is 20.2 Å². The van der Waals surface area contributed by atoms with E-state index in [1.54, 1.807) is 0 Å². The molecule has 0 spiro atoms. The molecular weight excluding hydrogens is 208 g/mol. The summed E-state index contributed by atoms with van der Waals surface area (Å²) in [6.07, 6.45) is 0. The Kier molecular flexibility index (Phi) is 3.63. The predicted octanol–water partition coefficient (Wildman–Crippen LogP) is -0.413. The highest BCUT2D eigenvalue weighted by atomic mass is 32.3. The van der Waals surface area contributed by atoms with E-state index in [4.69, 9.17) is 4.55 Å². The molecule has 1 atom stereocenters. The van der Waals surface area contributed by atoms with Crippen LogP contribution in [0.2, 0.25) is 0 Å². The van der Waals surface area contributed by atoms with Gasteiger partial charge in [0.05, 0.1) is 6.61 Å². The molecule has 0 fully saturated rings. The summed E-state index contributed by atoms with van der Waals surface area (Å²) in [7, 11) is -8.80. The van der Waals surface area contributed by atoms with E-state index in [2.05, 4.69) is 4.18 Å². The number of hydrogen-bond acceptors (Lipinski definition) is 5. The molecule has 0 aromatic carbocycles. The zero-order chi connectivity index (χ0) is 9.99. The molecule has 0 heterocycles. The van der Waals surface area contributed by atoms with Crippen LogP contribution in [0.25, 0.3) is 0 Å². The topological polar surface area (TPSA) is 97.7 Å². The van der Waals surface area contributed by atoms with Gasteiger partial charge in [0.1, 0.15) is 0 Å². The van der Waals surface area contributed by atoms with E-state index >= 15 is 0 Å². The molecule has 74 valence electrons. The van der Waals surface area contributed by atoms with Gasteiger partial charge in [-0.3, -0.25) is 8.74 Å². The highest BCUT2D eigenvalue weighted by Crippen LogP contribution is 2.09. The van der Waals surface area contributed by atoms with Gasteiger partial charge in [0.2, 0.25) is 4.58 Å². The highest BCUT2D eigenvalue weighted by molar-refractivity contribution is 8.04. The first-order valence-corrected chi connectivity index (χ1v) is 6.04. The molecule has 8 heteroatoms. The standard InChI is InChI=1S/C4H10O6S2/c1-3-10-12(8,9)4(2)11(5,6)7/h4H,3H2,1-2H3,(H,5,6,7). The van der Waals surface area contributed by atoms with E-state index in [0.717, 1.165) is 6.92 Å². The predicted molar refractivity (Wildman–Crippen MR) is 41.6 cm³/mol. The first-order chi connectivity index (χ1) is 5.22. The Bertz CT molecular complexity index is 325. The Morgan fingerprint density at radius 1 is 1.33 bits per heavy atom. The normalized spacial score (nSPS) is 15.9. The lowest BCUT2D eigenvalue weighted by Crippen LogP contribution is -2.28. The van der Waals surface area contributed by atoms with Crippen LogP contribution in [0.3, 0.4) is 0 Å². The maximum Gasteiger partial charge on any atom is 0.287 e. The summed E-state index contributed by atoms with van der Waals surface area (Å²) in [5.41, 5.74) is 0. The molecule has 1 unspecified atom stereocenters. The van der Waals surface area contributed by atoms with E-state index in [-0.39, 0.29) is 6.61 Å². The van der Waals surface area contributed by atoms with E-state index in [1.807, 2.05) is 0 Å². The lowest BCUT2D eigenvalue weighted by molar-refractivity contribution is 0.335. The van der Waals surface area contributed by atoms with Gasteiger partial charge in [-0.25, -0.2) is 0 Å². The van der Waals surface area contributed by atoms with Gasteiger partial charge >= 0.3 is 0 Å². The molecule has 0 aliphatic carbocycles. The van der Waals surface area contributed by atoms with Crippen molar-refractivity contribution in [1.82, 2.24) is 0 Å². The van der Waals surface area contributed by atoms with Crippen molar-refractivity contribution in [2.24, 2.45) is 0 Å². The van der Waals surface area contributed by atoms with Crippen LogP contribution in [0.1, 0.15) is 13.8 Å². The van der Waals surface area contributed by atoms with E-state index < -0.39 is 24.8 Å². The minimum absolute atomic E-state index is 0.164. The molecule has 1 N–H and O–H groups in total. The van der Waals surface area contributed by atoms with Gasteiger partial charge in [0, 0.05) is 0 Å². The average molecular weight is 218 g/mol. The molecule has 0 rings (SSSR count). The second-order valence-corrected chi connectivity index (χ2v) is 5.95. The number of hydrogen-bond donors (Lipinski definition) is 1. The minimum atomic E-state index is -4.60. The number of rotatable bonds is 4. The summed E-state index contributed by atoms with van der Waals surface area (Å²) < 4.78 is 52.9. The van der Waals surface area contributed by atoms with Crippen molar-refractivity contribution in [3.63, 3.8) is 0 Å². The second-order valence-electron chi connectivity index (χ2n) is 1.98. The third-order valence-corrected chi connectivity index (χ3v) is 4.76. The monoisotopic (exact) mass is 218 g/mol. The fraction of sp³-hybridized carbons (Fsp3) is 1.00. The quantitative estimate of drug-likeness (QED) is 0.508. The SMILES string of the molecule is CCOS(=O)(=O)C(C)S(=O)(=O)O. The summed E-state index contributed by atoms with van der Waals surface area (Å²) in [5, 5.41) is 0. The first-order valence-electron chi connectivity index (χ1n) is 3.06. The van der Waals surface area contributed by atoms with Crippen LogP contribution in [-0.4, -0.2) is 32.6 Å². The van der Waals surface area contributed by atoms with E-state index in [0.29, 0.717) is 0 Å². The third-order valence-electron chi connectivity index (χ3n) is 1.11. The molecule has 0 aromatic heterocycles. The van der Waals surface area contributed by atoms with Crippen molar-refractivity contribution < 1.29 is 25.6 Å². The minimum Gasteiger partial charge on any atom is -0.284 e. The van der Waals surface area contributed by atoms with Crippen LogP contribution in [0, 0.1) is 0 Å². The van der Waals surface area contributed by atoms with E-state index in [9.17, 15) is 16.8 Å². The smallest absolute Gasteiger partial charge is 0.284 e. The molecule has 12 heavy (non-hydrogen) atoms. The van der Waals surface area contributed by atoms with Gasteiger partial charge in [-0.05, 0) is 13.8 Å². The molecule has 6 nitrogen and oxygen atoms in total. The fourth-order valence-electron chi connectivity index (χ4n) is 0.409. The Balaban J connectivity index is 4.84. The first kappa shape index (κ1) is 11.8. The molecule has 0 bridgehead atoms. The van der Waals surface area contributed by atoms with Gasteiger partial charge in [0.15, 0.2) is 0 Å². The van der Waals surface area contributed by atoms with Gasteiger partial charge in [-0.2, -0.15) is 16.8 Å². The van der Waals surface area contributed by atoms with Gasteiger partial charge in [-0.1, -0.05) is 0 Å². The van der Waals surface area contributed by atoms with E-state index in [1.165, 1.54) is 6.92 Å². The molecule has 0 aliphatic heterocycles. The highest BCUT2D eigenvalue weighted by Gasteiger charge is 2.32. The molecular formula is C4H10O6S2. The van der Waals surface area contributed by atoms with Gasteiger partial charge in [-0.15, -0.1) is 0 Å². The van der Waals surface area contributed by atoms with Gasteiger partial charge < -0.3 is 0 Å². The summed E-state index contributed by atoms with van der Waals surface area (Å²) in [6.45, 7) is 2.07. The molecule has 0 saturated carbocycles. The van der Waals surface area contributed by atoms with Crippen molar-refractivity contribution in [1.29, 1.82) is 0 Å². The molecule has 0 amide bonds. The Morgan fingerprint density at radius 2 is 1.75 bits per heavy atom. The average Bonchev–Trinajstić information content (AvgIpc) is 1.84. The Morgan fingerprint density at radius 3 is 2.00 bits per heavy atom. The molecule has 0 saturated heterocycles. The summed E-state index contributed by atoms with van der Waals surface area (Å²) >= 11 is 0. The lowest BCUT2D eigenvalue weighted by atomic mass is 10.9. The maximum absolute atomic E-state index is 10.8. The van der Waals surface area contributed by atoms with Crippen LogP contribution in [0.5, 0.6) is 0 Å². The molecule has 0 aromatic rings. The van der Waals surface area contributed by atoms with Crippen LogP contribution in [-0.2, 0) is 24.4 Å². The van der Waals surface area contributed by atoms with Crippen molar-refractivity contribution in [3.05, 3.63) is 0 Å². The van der Waals surface area contributed by atoms with Crippen LogP contribution in [0.15, 0.2) is 0 Å².